The van der Waals surface area contributed by atoms with Crippen molar-refractivity contribution < 1.29 is 19.4 Å². The molecule has 57 heavy (non-hydrogen) atoms. The molecule has 3 N–H and O–H groups in total. The number of carbonyl (C=O) groups is 2. The van der Waals surface area contributed by atoms with Gasteiger partial charge in [-0.25, -0.2) is 9.59 Å². The van der Waals surface area contributed by atoms with E-state index in [1.807, 2.05) is 67.0 Å². The van der Waals surface area contributed by atoms with Crippen LogP contribution in [0.15, 0.2) is 134 Å². The van der Waals surface area contributed by atoms with Crippen molar-refractivity contribution in [2.24, 2.45) is 0 Å². The van der Waals surface area contributed by atoms with Gasteiger partial charge in [-0.2, -0.15) is 0 Å². The number of benzene rings is 4. The van der Waals surface area contributed by atoms with E-state index in [0.717, 1.165) is 85.1 Å². The fraction of sp³-hybridized carbons (Fsp3) is 0.184. The van der Waals surface area contributed by atoms with Crippen LogP contribution in [0.2, 0.25) is 0 Å². The molecule has 0 radical (unpaired) electrons. The van der Waals surface area contributed by atoms with E-state index < -0.39 is 5.97 Å². The standard InChI is InChI=1S/C25H22N2O2.C24H20N2O2/c1-29-25(28)21-13-20(17-8-9-17)15-26-24(21)12-16-7-10-22-19(11-16)14-23(27-22)18-5-3-2-4-6-18;27-24(28)20-12-19(16-7-8-16)14-25-23(20)11-15-6-9-21-18(10-15)13-22(26-21)17-4-2-1-3-5-17/h2-7,10-11,13-15,17,27H,8-9,12H2,1H3;1-6,9-10,12-14,16,26H,7-8,11H2,(H,27,28). The summed E-state index contributed by atoms with van der Waals surface area (Å²) in [7, 11) is 1.42. The van der Waals surface area contributed by atoms with Gasteiger partial charge in [0.1, 0.15) is 0 Å². The molecule has 2 aliphatic carbocycles. The smallest absolute Gasteiger partial charge is 0.339 e. The van der Waals surface area contributed by atoms with Crippen LogP contribution in [-0.2, 0) is 17.6 Å². The molecule has 0 unspecified atom stereocenters. The number of hydrogen-bond acceptors (Lipinski definition) is 5. The van der Waals surface area contributed by atoms with E-state index in [2.05, 4.69) is 86.7 Å². The SMILES string of the molecule is COC(=O)c1cc(C2CC2)cnc1Cc1ccc2[nH]c(-c3ccccc3)cc2c1.O=C(O)c1cc(C2CC2)cnc1Cc1ccc2[nH]c(-c3ccccc3)cc2c1. The summed E-state index contributed by atoms with van der Waals surface area (Å²) in [6, 6.07) is 41.1. The Kier molecular flexibility index (Phi) is 9.68. The number of nitrogens with one attached hydrogen (secondary N) is 2. The molecular formula is C49H42N4O4. The minimum absolute atomic E-state index is 0.316. The fourth-order valence-electron chi connectivity index (χ4n) is 7.57. The van der Waals surface area contributed by atoms with Crippen LogP contribution in [0.3, 0.4) is 0 Å². The van der Waals surface area contributed by atoms with Gasteiger partial charge in [0.2, 0.25) is 0 Å². The Morgan fingerprint density at radius 2 is 1.07 bits per heavy atom. The first-order valence-electron chi connectivity index (χ1n) is 19.5. The van der Waals surface area contributed by atoms with E-state index in [1.165, 1.54) is 20.0 Å². The summed E-state index contributed by atoms with van der Waals surface area (Å²) in [5, 5.41) is 11.9. The van der Waals surface area contributed by atoms with E-state index in [9.17, 15) is 14.7 Å². The van der Waals surface area contributed by atoms with Crippen molar-refractivity contribution in [2.45, 2.75) is 50.4 Å². The molecule has 8 aromatic rings. The Hall–Kier alpha value is -6.80. The van der Waals surface area contributed by atoms with Gasteiger partial charge >= 0.3 is 11.9 Å². The number of rotatable bonds is 10. The Morgan fingerprint density at radius 1 is 0.614 bits per heavy atom. The summed E-state index contributed by atoms with van der Waals surface area (Å²) in [6.45, 7) is 0. The van der Waals surface area contributed by atoms with Crippen molar-refractivity contribution in [3.63, 3.8) is 0 Å². The second kappa shape index (κ2) is 15.4. The summed E-state index contributed by atoms with van der Waals surface area (Å²) in [5.41, 5.74) is 13.3. The van der Waals surface area contributed by atoms with Crippen LogP contribution in [0.5, 0.6) is 0 Å². The summed E-state index contributed by atoms with van der Waals surface area (Å²) in [4.78, 5) is 40.1. The highest BCUT2D eigenvalue weighted by Crippen LogP contribution is 2.41. The van der Waals surface area contributed by atoms with Gasteiger partial charge in [0, 0.05) is 58.4 Å². The van der Waals surface area contributed by atoms with Gasteiger partial charge in [0.05, 0.1) is 29.6 Å². The molecule has 2 aliphatic rings. The average molecular weight is 751 g/mol. The van der Waals surface area contributed by atoms with Crippen LogP contribution < -0.4 is 0 Å². The molecule has 4 aromatic heterocycles. The number of carbonyl (C=O) groups excluding carboxylic acids is 1. The second-order valence-electron chi connectivity index (χ2n) is 15.2. The Bertz CT molecular complexity index is 2740. The van der Waals surface area contributed by atoms with Gasteiger partial charge in [0.15, 0.2) is 0 Å². The molecule has 8 heteroatoms. The lowest BCUT2D eigenvalue weighted by Gasteiger charge is -2.09. The van der Waals surface area contributed by atoms with Crippen LogP contribution >= 0.6 is 0 Å². The number of esters is 1. The number of aromatic carboxylic acids is 1. The van der Waals surface area contributed by atoms with Crippen molar-refractivity contribution >= 4 is 33.7 Å². The number of ether oxygens (including phenoxy) is 1. The predicted octanol–water partition coefficient (Wildman–Crippen LogP) is 10.9. The number of nitrogens with zero attached hydrogens (tertiary/aromatic N) is 2. The Balaban J connectivity index is 0.000000148. The van der Waals surface area contributed by atoms with Crippen LogP contribution in [0.1, 0.15) is 91.9 Å². The van der Waals surface area contributed by atoms with E-state index in [4.69, 9.17) is 4.74 Å². The lowest BCUT2D eigenvalue weighted by atomic mass is 10.0. The molecule has 4 aromatic carbocycles. The molecular weight excluding hydrogens is 709 g/mol. The number of carboxylic acids is 1. The van der Waals surface area contributed by atoms with E-state index in [0.29, 0.717) is 41.5 Å². The first-order chi connectivity index (χ1) is 27.9. The monoisotopic (exact) mass is 750 g/mol. The van der Waals surface area contributed by atoms with Crippen LogP contribution in [0.4, 0.5) is 0 Å². The third-order valence-electron chi connectivity index (χ3n) is 11.0. The molecule has 2 fully saturated rings. The fourth-order valence-corrected chi connectivity index (χ4v) is 7.57. The number of aromatic amines is 2. The van der Waals surface area contributed by atoms with E-state index in [-0.39, 0.29) is 5.97 Å². The lowest BCUT2D eigenvalue weighted by Crippen LogP contribution is -2.09. The highest BCUT2D eigenvalue weighted by atomic mass is 16.5. The van der Waals surface area contributed by atoms with Gasteiger partial charge in [0.25, 0.3) is 0 Å². The van der Waals surface area contributed by atoms with Crippen molar-refractivity contribution in [1.82, 2.24) is 19.9 Å². The molecule has 8 nitrogen and oxygen atoms in total. The van der Waals surface area contributed by atoms with Crippen LogP contribution in [0.25, 0.3) is 44.3 Å². The average Bonchev–Trinajstić information content (AvgIpc) is 4.19. The topological polar surface area (TPSA) is 121 Å². The van der Waals surface area contributed by atoms with Gasteiger partial charge in [-0.3, -0.25) is 9.97 Å². The number of fused-ring (bicyclic) bond motifs is 2. The van der Waals surface area contributed by atoms with Gasteiger partial charge in [-0.05, 0) is 119 Å². The zero-order valence-electron chi connectivity index (χ0n) is 31.7. The molecule has 4 heterocycles. The van der Waals surface area contributed by atoms with Crippen molar-refractivity contribution in [2.75, 3.05) is 7.11 Å². The lowest BCUT2D eigenvalue weighted by molar-refractivity contribution is 0.0598. The number of methoxy groups -OCH3 is 1. The molecule has 2 saturated carbocycles. The molecule has 10 rings (SSSR count). The zero-order valence-corrected chi connectivity index (χ0v) is 31.7. The number of aromatic nitrogens is 4. The Morgan fingerprint density at radius 3 is 1.51 bits per heavy atom. The summed E-state index contributed by atoms with van der Waals surface area (Å²) < 4.78 is 5.01. The predicted molar refractivity (Wildman–Crippen MR) is 224 cm³/mol. The summed E-state index contributed by atoms with van der Waals surface area (Å²) >= 11 is 0. The summed E-state index contributed by atoms with van der Waals surface area (Å²) in [5.74, 6) is -0.178. The Labute approximate surface area is 330 Å². The maximum Gasteiger partial charge on any atom is 0.339 e. The van der Waals surface area contributed by atoms with Gasteiger partial charge in [-0.1, -0.05) is 72.8 Å². The maximum atomic E-state index is 12.3. The third kappa shape index (κ3) is 7.98. The number of pyridine rings is 2. The quantitative estimate of drug-likeness (QED) is 0.120. The molecule has 0 atom stereocenters. The highest BCUT2D eigenvalue weighted by Gasteiger charge is 2.27. The zero-order chi connectivity index (χ0) is 38.9. The minimum atomic E-state index is -0.904. The van der Waals surface area contributed by atoms with Crippen LogP contribution in [-0.4, -0.2) is 44.1 Å². The summed E-state index contributed by atoms with van der Waals surface area (Å²) in [6.07, 6.45) is 9.49. The molecule has 0 amide bonds. The number of H-pyrrole nitrogens is 2. The molecule has 0 aliphatic heterocycles. The largest absolute Gasteiger partial charge is 0.478 e. The first-order valence-corrected chi connectivity index (χ1v) is 19.5. The number of carboxylic acid groups (broad SMARTS) is 1. The molecule has 282 valence electrons. The van der Waals surface area contributed by atoms with Crippen LogP contribution in [0, 0.1) is 0 Å². The minimum Gasteiger partial charge on any atom is -0.478 e. The van der Waals surface area contributed by atoms with Gasteiger partial charge in [-0.15, -0.1) is 0 Å². The second-order valence-corrected chi connectivity index (χ2v) is 15.2. The highest BCUT2D eigenvalue weighted by molar-refractivity contribution is 5.92. The molecule has 0 bridgehead atoms. The molecule has 0 spiro atoms. The van der Waals surface area contributed by atoms with E-state index >= 15 is 0 Å². The van der Waals surface area contributed by atoms with E-state index in [1.54, 1.807) is 0 Å². The maximum absolute atomic E-state index is 12.3. The van der Waals surface area contributed by atoms with Crippen molar-refractivity contribution in [3.8, 4) is 22.5 Å². The van der Waals surface area contributed by atoms with Crippen molar-refractivity contribution in [3.05, 3.63) is 178 Å². The third-order valence-corrected chi connectivity index (χ3v) is 11.0. The van der Waals surface area contributed by atoms with Crippen molar-refractivity contribution in [1.29, 1.82) is 0 Å². The first kappa shape index (κ1) is 35.9. The normalized spacial score (nSPS) is 13.6. The van der Waals surface area contributed by atoms with Gasteiger partial charge < -0.3 is 19.8 Å². The molecule has 0 saturated heterocycles. The number of hydrogen-bond donors (Lipinski definition) is 3.